The minimum absolute atomic E-state index is 0.0979. The summed E-state index contributed by atoms with van der Waals surface area (Å²) in [5.41, 5.74) is 2.42. The molecule has 0 fully saturated rings. The topological polar surface area (TPSA) is 101 Å². The number of ether oxygens (including phenoxy) is 1. The van der Waals surface area contributed by atoms with Gasteiger partial charge < -0.3 is 19.6 Å². The quantitative estimate of drug-likeness (QED) is 0.289. The molecule has 1 aromatic carbocycles. The number of hydrogen-bond acceptors (Lipinski definition) is 6. The van der Waals surface area contributed by atoms with Gasteiger partial charge in [0.25, 0.3) is 5.91 Å². The average molecular weight is 564 g/mol. The summed E-state index contributed by atoms with van der Waals surface area (Å²) < 4.78 is 10.5. The lowest BCUT2D eigenvalue weighted by Crippen LogP contribution is -2.28. The van der Waals surface area contributed by atoms with E-state index in [1.165, 1.54) is 16.2 Å². The molecule has 2 heterocycles. The number of benzene rings is 1. The summed E-state index contributed by atoms with van der Waals surface area (Å²) in [5, 5.41) is 12.8. The van der Waals surface area contributed by atoms with Gasteiger partial charge >= 0.3 is 5.97 Å². The summed E-state index contributed by atoms with van der Waals surface area (Å²) in [6, 6.07) is 6.78. The third-order valence-electron chi connectivity index (χ3n) is 6.39. The van der Waals surface area contributed by atoms with E-state index in [2.05, 4.69) is 31.1 Å². The molecule has 4 rings (SSSR count). The Balaban J connectivity index is 1.64. The summed E-state index contributed by atoms with van der Waals surface area (Å²) in [7, 11) is 0. The Kier molecular flexibility index (Phi) is 8.31. The van der Waals surface area contributed by atoms with Gasteiger partial charge in [0.2, 0.25) is 0 Å². The number of halogens is 2. The zero-order chi connectivity index (χ0) is 26.7. The van der Waals surface area contributed by atoms with E-state index in [1.54, 1.807) is 30.7 Å². The van der Waals surface area contributed by atoms with Crippen LogP contribution >= 0.6 is 34.5 Å². The van der Waals surface area contributed by atoms with Gasteiger partial charge in [0.15, 0.2) is 12.4 Å². The maximum absolute atomic E-state index is 13.3. The van der Waals surface area contributed by atoms with E-state index in [9.17, 15) is 9.59 Å². The molecule has 10 heteroatoms. The standard InChI is InChI=1S/C27H28Cl2N2O5S/c1-27(2,3)16-6-7-18-21(11-16)37-26(23(18)25(34)30-13-17-5-4-8-35-17)31-12-15-9-19(28)24(20(29)10-15)36-14-22(32)33/h4-5,8-10,12,16H,6-7,11,13-14H2,1-3H3,(H,30,34)(H,32,33)/t16-/m0/s1. The Bertz CT molecular complexity index is 1300. The largest absolute Gasteiger partial charge is 0.479 e. The molecule has 1 amide bonds. The van der Waals surface area contributed by atoms with Crippen LogP contribution in [0.2, 0.25) is 10.0 Å². The lowest BCUT2D eigenvalue weighted by molar-refractivity contribution is -0.139. The zero-order valence-corrected chi connectivity index (χ0v) is 23.1. The van der Waals surface area contributed by atoms with Gasteiger partial charge in [-0.25, -0.2) is 9.79 Å². The van der Waals surface area contributed by atoms with Gasteiger partial charge in [0.1, 0.15) is 10.8 Å². The van der Waals surface area contributed by atoms with Crippen LogP contribution in [-0.2, 0) is 24.2 Å². The van der Waals surface area contributed by atoms with Gasteiger partial charge in [0.05, 0.1) is 28.4 Å². The van der Waals surface area contributed by atoms with Crippen molar-refractivity contribution in [3.8, 4) is 5.75 Å². The van der Waals surface area contributed by atoms with E-state index < -0.39 is 12.6 Å². The minimum atomic E-state index is -1.13. The molecule has 1 aliphatic rings. The molecule has 0 spiro atoms. The fourth-order valence-electron chi connectivity index (χ4n) is 4.36. The van der Waals surface area contributed by atoms with Crippen LogP contribution in [0.3, 0.4) is 0 Å². The molecule has 0 unspecified atom stereocenters. The first-order valence-corrected chi connectivity index (χ1v) is 13.4. The first kappa shape index (κ1) is 27.2. The Morgan fingerprint density at radius 1 is 1.30 bits per heavy atom. The van der Waals surface area contributed by atoms with E-state index in [-0.39, 0.29) is 33.7 Å². The first-order valence-electron chi connectivity index (χ1n) is 11.9. The van der Waals surface area contributed by atoms with Crippen LogP contribution in [-0.4, -0.2) is 29.8 Å². The molecule has 2 aromatic heterocycles. The molecular weight excluding hydrogens is 535 g/mol. The van der Waals surface area contributed by atoms with E-state index in [0.717, 1.165) is 24.8 Å². The van der Waals surface area contributed by atoms with Crippen LogP contribution in [0.1, 0.15) is 59.3 Å². The number of fused-ring (bicyclic) bond motifs is 1. The Morgan fingerprint density at radius 2 is 2.03 bits per heavy atom. The van der Waals surface area contributed by atoms with Crippen molar-refractivity contribution in [3.63, 3.8) is 0 Å². The van der Waals surface area contributed by atoms with Gasteiger partial charge in [-0.3, -0.25) is 4.79 Å². The number of furan rings is 1. The third-order valence-corrected chi connectivity index (χ3v) is 8.12. The number of thiophene rings is 1. The van der Waals surface area contributed by atoms with Crippen LogP contribution in [0.4, 0.5) is 5.00 Å². The molecule has 1 aliphatic carbocycles. The Labute approximate surface area is 229 Å². The van der Waals surface area contributed by atoms with Crippen molar-refractivity contribution in [1.82, 2.24) is 5.32 Å². The number of rotatable bonds is 8. The van der Waals surface area contributed by atoms with Gasteiger partial charge in [-0.05, 0) is 66.0 Å². The number of carboxylic acids is 1. The highest BCUT2D eigenvalue weighted by Crippen LogP contribution is 2.45. The molecule has 0 saturated heterocycles. The molecule has 0 radical (unpaired) electrons. The molecule has 2 N–H and O–H groups in total. The van der Waals surface area contributed by atoms with Gasteiger partial charge in [-0.1, -0.05) is 44.0 Å². The molecule has 1 atom stereocenters. The second-order valence-corrected chi connectivity index (χ2v) is 11.9. The summed E-state index contributed by atoms with van der Waals surface area (Å²) in [6.45, 7) is 6.49. The van der Waals surface area contributed by atoms with Crippen molar-refractivity contribution < 1.29 is 23.8 Å². The maximum Gasteiger partial charge on any atom is 0.341 e. The number of nitrogens with zero attached hydrogens (tertiary/aromatic N) is 1. The highest BCUT2D eigenvalue weighted by molar-refractivity contribution is 7.16. The van der Waals surface area contributed by atoms with E-state index >= 15 is 0 Å². The second-order valence-electron chi connectivity index (χ2n) is 10.0. The van der Waals surface area contributed by atoms with Crippen LogP contribution in [0, 0.1) is 11.3 Å². The van der Waals surface area contributed by atoms with Crippen molar-refractivity contribution in [1.29, 1.82) is 0 Å². The smallest absolute Gasteiger partial charge is 0.341 e. The Hall–Kier alpha value is -2.81. The van der Waals surface area contributed by atoms with Crippen molar-refractivity contribution in [3.05, 3.63) is 67.9 Å². The number of aliphatic carboxylic acids is 1. The first-order chi connectivity index (χ1) is 17.5. The number of carbonyl (C=O) groups is 2. The normalized spacial score (nSPS) is 15.5. The lowest BCUT2D eigenvalue weighted by atomic mass is 9.72. The van der Waals surface area contributed by atoms with Gasteiger partial charge in [-0.15, -0.1) is 11.3 Å². The molecule has 0 saturated carbocycles. The van der Waals surface area contributed by atoms with E-state index in [1.807, 2.05) is 6.07 Å². The van der Waals surface area contributed by atoms with Crippen LogP contribution < -0.4 is 10.1 Å². The zero-order valence-electron chi connectivity index (χ0n) is 20.8. The second kappa shape index (κ2) is 11.3. The SMILES string of the molecule is CC(C)(C)[C@H]1CCc2c(sc(N=Cc3cc(Cl)c(OCC(=O)O)c(Cl)c3)c2C(=O)NCc2ccco2)C1. The summed E-state index contributed by atoms with van der Waals surface area (Å²) >= 11 is 14.1. The molecular formula is C27H28Cl2N2O5S. The summed E-state index contributed by atoms with van der Waals surface area (Å²) in [6.07, 6.45) is 5.91. The van der Waals surface area contributed by atoms with E-state index in [0.29, 0.717) is 27.8 Å². The van der Waals surface area contributed by atoms with Crippen molar-refractivity contribution in [2.24, 2.45) is 16.3 Å². The maximum atomic E-state index is 13.3. The van der Waals surface area contributed by atoms with Crippen LogP contribution in [0.25, 0.3) is 0 Å². The molecule has 37 heavy (non-hydrogen) atoms. The van der Waals surface area contributed by atoms with Crippen molar-refractivity contribution in [2.45, 2.75) is 46.6 Å². The number of carboxylic acid groups (broad SMARTS) is 1. The molecule has 196 valence electrons. The number of hydrogen-bond donors (Lipinski definition) is 2. The predicted octanol–water partition coefficient (Wildman–Crippen LogP) is 6.94. The predicted molar refractivity (Wildman–Crippen MR) is 146 cm³/mol. The lowest BCUT2D eigenvalue weighted by Gasteiger charge is -2.33. The van der Waals surface area contributed by atoms with Gasteiger partial charge in [0, 0.05) is 11.1 Å². The molecule has 0 aliphatic heterocycles. The highest BCUT2D eigenvalue weighted by atomic mass is 35.5. The molecule has 3 aromatic rings. The van der Waals surface area contributed by atoms with E-state index in [4.69, 9.17) is 37.5 Å². The fraction of sp³-hybridized carbons (Fsp3) is 0.370. The van der Waals surface area contributed by atoms with Crippen LogP contribution in [0.15, 0.2) is 39.9 Å². The average Bonchev–Trinajstić information content (AvgIpc) is 3.47. The highest BCUT2D eigenvalue weighted by Gasteiger charge is 2.33. The monoisotopic (exact) mass is 562 g/mol. The summed E-state index contributed by atoms with van der Waals surface area (Å²) in [5.74, 6) is -0.0364. The molecule has 0 bridgehead atoms. The molecule has 7 nitrogen and oxygen atoms in total. The fourth-order valence-corrected chi connectivity index (χ4v) is 6.25. The number of amides is 1. The van der Waals surface area contributed by atoms with Gasteiger partial charge in [-0.2, -0.15) is 0 Å². The van der Waals surface area contributed by atoms with Crippen LogP contribution in [0.5, 0.6) is 5.75 Å². The Morgan fingerprint density at radius 3 is 2.65 bits per heavy atom. The van der Waals surface area contributed by atoms with Crippen molar-refractivity contribution >= 4 is 57.6 Å². The number of carbonyl (C=O) groups excluding carboxylic acids is 1. The number of nitrogens with one attached hydrogen (secondary N) is 1. The number of aliphatic imine (C=N–C) groups is 1. The minimum Gasteiger partial charge on any atom is -0.479 e. The third kappa shape index (κ3) is 6.55. The summed E-state index contributed by atoms with van der Waals surface area (Å²) in [4.78, 5) is 30.0. The van der Waals surface area contributed by atoms with Crippen molar-refractivity contribution in [2.75, 3.05) is 6.61 Å².